The van der Waals surface area contributed by atoms with Crippen molar-refractivity contribution < 1.29 is 9.22 Å². The second-order valence-electron chi connectivity index (χ2n) is 6.18. The Balaban J connectivity index is 2.05. The lowest BCUT2D eigenvalue weighted by atomic mass is 9.95. The fourth-order valence-corrected chi connectivity index (χ4v) is 2.89. The quantitative estimate of drug-likeness (QED) is 0.720. The highest BCUT2D eigenvalue weighted by Crippen LogP contribution is 2.31. The number of hydrogen-bond acceptors (Lipinski definition) is 1. The zero-order chi connectivity index (χ0) is 14.0. The molecule has 0 aliphatic carbocycles. The van der Waals surface area contributed by atoms with Crippen molar-refractivity contribution in [2.75, 3.05) is 27.2 Å². The van der Waals surface area contributed by atoms with Gasteiger partial charge in [0.15, 0.2) is 0 Å². The van der Waals surface area contributed by atoms with Crippen molar-refractivity contribution in [3.05, 3.63) is 71.3 Å². The standard InChI is InChI=1S/C18H22NO/c1-19(2)12-13-20-18(15-8-4-3-5-9-15)17-11-7-6-10-16(17)14-19/h3-11,18H,12-14H2,1-2H3/q+1/t18-/m0/s1. The van der Waals surface area contributed by atoms with Gasteiger partial charge < -0.3 is 9.22 Å². The minimum Gasteiger partial charge on any atom is -0.363 e. The lowest BCUT2D eigenvalue weighted by molar-refractivity contribution is -0.904. The number of nitrogens with zero attached hydrogens (tertiary/aromatic N) is 1. The third kappa shape index (κ3) is 2.77. The number of rotatable bonds is 1. The number of likely N-dealkylation sites (N-methyl/N-ethyl adjacent to an activating group) is 1. The summed E-state index contributed by atoms with van der Waals surface area (Å²) >= 11 is 0. The molecule has 2 heteroatoms. The maximum atomic E-state index is 6.22. The summed E-state index contributed by atoms with van der Waals surface area (Å²) < 4.78 is 7.19. The van der Waals surface area contributed by atoms with Crippen LogP contribution in [0.4, 0.5) is 0 Å². The van der Waals surface area contributed by atoms with Crippen LogP contribution in [0.25, 0.3) is 0 Å². The lowest BCUT2D eigenvalue weighted by Gasteiger charge is -2.34. The molecule has 0 N–H and O–H groups in total. The highest BCUT2D eigenvalue weighted by atomic mass is 16.5. The average molecular weight is 268 g/mol. The largest absolute Gasteiger partial charge is 0.363 e. The highest BCUT2D eigenvalue weighted by Gasteiger charge is 2.26. The predicted octanol–water partition coefficient (Wildman–Crippen LogP) is 3.38. The van der Waals surface area contributed by atoms with Gasteiger partial charge in [-0.05, 0) is 11.1 Å². The Morgan fingerprint density at radius 2 is 1.65 bits per heavy atom. The van der Waals surface area contributed by atoms with Gasteiger partial charge in [-0.15, -0.1) is 0 Å². The molecule has 2 aromatic rings. The van der Waals surface area contributed by atoms with Gasteiger partial charge in [0, 0.05) is 5.56 Å². The van der Waals surface area contributed by atoms with Crippen LogP contribution in [0.1, 0.15) is 22.8 Å². The van der Waals surface area contributed by atoms with E-state index in [0.29, 0.717) is 0 Å². The maximum absolute atomic E-state index is 6.22. The van der Waals surface area contributed by atoms with Crippen LogP contribution in [-0.4, -0.2) is 31.7 Å². The van der Waals surface area contributed by atoms with Gasteiger partial charge in [-0.1, -0.05) is 54.6 Å². The first-order valence-electron chi connectivity index (χ1n) is 7.22. The van der Waals surface area contributed by atoms with Crippen LogP contribution < -0.4 is 0 Å². The topological polar surface area (TPSA) is 9.23 Å². The first-order chi connectivity index (χ1) is 9.66. The molecule has 104 valence electrons. The van der Waals surface area contributed by atoms with Crippen LogP contribution in [0.5, 0.6) is 0 Å². The molecule has 20 heavy (non-hydrogen) atoms. The van der Waals surface area contributed by atoms with Crippen LogP contribution in [0.2, 0.25) is 0 Å². The van der Waals surface area contributed by atoms with Crippen LogP contribution in [0.15, 0.2) is 54.6 Å². The minimum absolute atomic E-state index is 0.0627. The monoisotopic (exact) mass is 268 g/mol. The fourth-order valence-electron chi connectivity index (χ4n) is 2.89. The summed E-state index contributed by atoms with van der Waals surface area (Å²) in [6, 6.07) is 19.2. The third-order valence-electron chi connectivity index (χ3n) is 4.02. The minimum atomic E-state index is 0.0627. The summed E-state index contributed by atoms with van der Waals surface area (Å²) in [4.78, 5) is 0. The van der Waals surface area contributed by atoms with E-state index in [1.807, 2.05) is 0 Å². The van der Waals surface area contributed by atoms with Gasteiger partial charge in [-0.3, -0.25) is 0 Å². The van der Waals surface area contributed by atoms with Gasteiger partial charge in [-0.2, -0.15) is 0 Å². The zero-order valence-electron chi connectivity index (χ0n) is 12.3. The summed E-state index contributed by atoms with van der Waals surface area (Å²) in [5.41, 5.74) is 3.95. The van der Waals surface area contributed by atoms with E-state index < -0.39 is 0 Å². The van der Waals surface area contributed by atoms with Crippen LogP contribution in [0.3, 0.4) is 0 Å². The Kier molecular flexibility index (Phi) is 3.60. The molecule has 2 nitrogen and oxygen atoms in total. The number of fused-ring (bicyclic) bond motifs is 1. The van der Waals surface area contributed by atoms with Crippen molar-refractivity contribution in [3.63, 3.8) is 0 Å². The fraction of sp³-hybridized carbons (Fsp3) is 0.333. The molecule has 0 radical (unpaired) electrons. The van der Waals surface area contributed by atoms with Gasteiger partial charge in [0.25, 0.3) is 0 Å². The molecule has 0 fully saturated rings. The SMILES string of the molecule is C[N+]1(C)CCO[C@@H](c2ccccc2)c2ccccc2C1. The van der Waals surface area contributed by atoms with E-state index in [1.165, 1.54) is 16.7 Å². The van der Waals surface area contributed by atoms with E-state index in [4.69, 9.17) is 4.74 Å². The van der Waals surface area contributed by atoms with Gasteiger partial charge >= 0.3 is 0 Å². The van der Waals surface area contributed by atoms with Crippen LogP contribution in [0, 0.1) is 0 Å². The van der Waals surface area contributed by atoms with Crippen LogP contribution >= 0.6 is 0 Å². The Morgan fingerprint density at radius 3 is 2.45 bits per heavy atom. The van der Waals surface area contributed by atoms with E-state index >= 15 is 0 Å². The van der Waals surface area contributed by atoms with Gasteiger partial charge in [0.1, 0.15) is 19.2 Å². The third-order valence-corrected chi connectivity index (χ3v) is 4.02. The highest BCUT2D eigenvalue weighted by molar-refractivity contribution is 5.36. The average Bonchev–Trinajstić information content (AvgIpc) is 2.43. The molecule has 0 saturated heterocycles. The first kappa shape index (κ1) is 13.3. The first-order valence-corrected chi connectivity index (χ1v) is 7.22. The van der Waals surface area contributed by atoms with E-state index in [9.17, 15) is 0 Å². The number of quaternary nitrogens is 1. The summed E-state index contributed by atoms with van der Waals surface area (Å²) in [5.74, 6) is 0. The molecule has 1 aliphatic heterocycles. The van der Waals surface area contributed by atoms with Crippen LogP contribution in [-0.2, 0) is 11.3 Å². The Labute approximate surface area is 121 Å². The second kappa shape index (κ2) is 5.39. The van der Waals surface area contributed by atoms with Crippen molar-refractivity contribution in [2.45, 2.75) is 12.6 Å². The van der Waals surface area contributed by atoms with E-state index in [2.05, 4.69) is 68.7 Å². The molecule has 0 unspecified atom stereocenters. The summed E-state index contributed by atoms with van der Waals surface area (Å²) in [6.45, 7) is 2.89. The Bertz CT molecular complexity index is 577. The molecule has 0 bridgehead atoms. The molecule has 0 saturated carbocycles. The number of ether oxygens (including phenoxy) is 1. The molecule has 1 heterocycles. The van der Waals surface area contributed by atoms with Gasteiger partial charge in [0.2, 0.25) is 0 Å². The number of benzene rings is 2. The molecular formula is C18H22NO+. The van der Waals surface area contributed by atoms with Crippen molar-refractivity contribution in [1.29, 1.82) is 0 Å². The van der Waals surface area contributed by atoms with Crippen molar-refractivity contribution in [3.8, 4) is 0 Å². The smallest absolute Gasteiger partial charge is 0.108 e. The van der Waals surface area contributed by atoms with E-state index in [0.717, 1.165) is 24.2 Å². The van der Waals surface area contributed by atoms with E-state index in [-0.39, 0.29) is 6.10 Å². The number of hydrogen-bond donors (Lipinski definition) is 0. The molecule has 0 aromatic heterocycles. The predicted molar refractivity (Wildman–Crippen MR) is 81.4 cm³/mol. The van der Waals surface area contributed by atoms with Gasteiger partial charge in [-0.25, -0.2) is 0 Å². The molecular weight excluding hydrogens is 246 g/mol. The molecule has 0 spiro atoms. The van der Waals surface area contributed by atoms with Crippen molar-refractivity contribution in [1.82, 2.24) is 0 Å². The van der Waals surface area contributed by atoms with Crippen molar-refractivity contribution >= 4 is 0 Å². The van der Waals surface area contributed by atoms with Crippen molar-refractivity contribution in [2.24, 2.45) is 0 Å². The van der Waals surface area contributed by atoms with E-state index in [1.54, 1.807) is 0 Å². The Morgan fingerprint density at radius 1 is 0.950 bits per heavy atom. The zero-order valence-corrected chi connectivity index (χ0v) is 12.3. The summed E-state index contributed by atoms with van der Waals surface area (Å²) in [6.07, 6.45) is 0.0627. The normalized spacial score (nSPS) is 21.6. The molecule has 1 atom stereocenters. The maximum Gasteiger partial charge on any atom is 0.108 e. The Hall–Kier alpha value is -1.64. The molecule has 3 rings (SSSR count). The summed E-state index contributed by atoms with van der Waals surface area (Å²) in [7, 11) is 4.53. The lowest BCUT2D eigenvalue weighted by Crippen LogP contribution is -2.43. The summed E-state index contributed by atoms with van der Waals surface area (Å²) in [5, 5.41) is 0. The second-order valence-corrected chi connectivity index (χ2v) is 6.18. The molecule has 1 aliphatic rings. The van der Waals surface area contributed by atoms with Gasteiger partial charge in [0.05, 0.1) is 20.7 Å². The molecule has 2 aromatic carbocycles. The molecule has 0 amide bonds.